The number of amides is 1. The fourth-order valence-corrected chi connectivity index (χ4v) is 4.72. The van der Waals surface area contributed by atoms with Gasteiger partial charge in [-0.25, -0.2) is 4.79 Å². The van der Waals surface area contributed by atoms with Gasteiger partial charge >= 0.3 is 5.97 Å². The summed E-state index contributed by atoms with van der Waals surface area (Å²) in [5, 5.41) is 5.84. The van der Waals surface area contributed by atoms with Gasteiger partial charge in [-0.3, -0.25) is 4.79 Å². The molecule has 6 heteroatoms. The highest BCUT2D eigenvalue weighted by Gasteiger charge is 2.45. The van der Waals surface area contributed by atoms with Crippen LogP contribution < -0.4 is 10.6 Å². The van der Waals surface area contributed by atoms with Crippen molar-refractivity contribution in [1.82, 2.24) is 0 Å². The molecule has 1 amide bonds. The Kier molecular flexibility index (Phi) is 4.87. The highest BCUT2D eigenvalue weighted by molar-refractivity contribution is 7.17. The number of anilines is 1. The van der Waals surface area contributed by atoms with E-state index in [2.05, 4.69) is 38.3 Å². The maximum atomic E-state index is 12.5. The molecule has 0 aliphatic carbocycles. The fourth-order valence-electron chi connectivity index (χ4n) is 3.43. The second-order valence-corrected chi connectivity index (χ2v) is 8.29. The molecule has 2 rings (SSSR count). The molecule has 23 heavy (non-hydrogen) atoms. The largest absolute Gasteiger partial charge is 0.462 e. The number of rotatable bonds is 4. The van der Waals surface area contributed by atoms with Crippen molar-refractivity contribution in [3.05, 3.63) is 16.0 Å². The molecule has 0 spiro atoms. The highest BCUT2D eigenvalue weighted by atomic mass is 32.1. The monoisotopic (exact) mass is 339 g/mol. The molecule has 0 bridgehead atoms. The lowest BCUT2D eigenvalue weighted by atomic mass is 9.81. The Bertz CT molecular complexity index is 632. The lowest BCUT2D eigenvalue weighted by Crippen LogP contribution is -3.03. The van der Waals surface area contributed by atoms with Gasteiger partial charge < -0.3 is 15.4 Å². The van der Waals surface area contributed by atoms with Crippen molar-refractivity contribution in [3.63, 3.8) is 0 Å². The SMILES string of the molecule is CCOC(=O)c1c(NC(=O)CC)sc2c1CC(C)(C)[NH2+]C2(C)C. The topological polar surface area (TPSA) is 72.0 Å². The highest BCUT2D eigenvalue weighted by Crippen LogP contribution is 2.42. The predicted molar refractivity (Wildman–Crippen MR) is 91.9 cm³/mol. The van der Waals surface area contributed by atoms with Crippen LogP contribution in [0.4, 0.5) is 5.00 Å². The molecule has 128 valence electrons. The minimum atomic E-state index is -0.343. The molecular formula is C17H27N2O3S+. The summed E-state index contributed by atoms with van der Waals surface area (Å²) in [5.41, 5.74) is 1.42. The molecule has 1 aromatic rings. The zero-order valence-electron chi connectivity index (χ0n) is 14.8. The van der Waals surface area contributed by atoms with Crippen molar-refractivity contribution in [1.29, 1.82) is 0 Å². The van der Waals surface area contributed by atoms with Crippen molar-refractivity contribution < 1.29 is 19.6 Å². The van der Waals surface area contributed by atoms with Crippen LogP contribution >= 0.6 is 11.3 Å². The Morgan fingerprint density at radius 1 is 1.26 bits per heavy atom. The normalized spacial score (nSPS) is 18.2. The van der Waals surface area contributed by atoms with E-state index in [0.717, 1.165) is 16.9 Å². The predicted octanol–water partition coefficient (Wildman–Crippen LogP) is 2.41. The van der Waals surface area contributed by atoms with Gasteiger partial charge in [0.05, 0.1) is 22.6 Å². The Morgan fingerprint density at radius 3 is 2.48 bits per heavy atom. The molecule has 1 aliphatic heterocycles. The number of fused-ring (bicyclic) bond motifs is 1. The molecule has 0 fully saturated rings. The summed E-state index contributed by atoms with van der Waals surface area (Å²) in [6, 6.07) is 0. The van der Waals surface area contributed by atoms with Crippen molar-refractivity contribution in [2.24, 2.45) is 0 Å². The number of nitrogens with two attached hydrogens (primary N) is 1. The zero-order chi connectivity index (χ0) is 17.4. The number of hydrogen-bond acceptors (Lipinski definition) is 4. The van der Waals surface area contributed by atoms with E-state index in [9.17, 15) is 9.59 Å². The van der Waals surface area contributed by atoms with E-state index < -0.39 is 0 Å². The first-order chi connectivity index (χ1) is 10.6. The smallest absolute Gasteiger partial charge is 0.341 e. The van der Waals surface area contributed by atoms with Gasteiger partial charge in [0.2, 0.25) is 5.91 Å². The molecule has 0 unspecified atom stereocenters. The van der Waals surface area contributed by atoms with Crippen LogP contribution in [-0.4, -0.2) is 24.0 Å². The third kappa shape index (κ3) is 3.58. The number of carbonyl (C=O) groups is 2. The summed E-state index contributed by atoms with van der Waals surface area (Å²) >= 11 is 1.50. The number of hydrogen-bond donors (Lipinski definition) is 2. The summed E-state index contributed by atoms with van der Waals surface area (Å²) < 4.78 is 5.25. The molecule has 5 nitrogen and oxygen atoms in total. The minimum Gasteiger partial charge on any atom is -0.462 e. The maximum absolute atomic E-state index is 12.5. The maximum Gasteiger partial charge on any atom is 0.341 e. The lowest BCUT2D eigenvalue weighted by Gasteiger charge is -2.38. The third-order valence-corrected chi connectivity index (χ3v) is 5.52. The number of nitrogens with one attached hydrogen (secondary N) is 1. The van der Waals surface area contributed by atoms with Crippen molar-refractivity contribution in [3.8, 4) is 0 Å². The van der Waals surface area contributed by atoms with Crippen LogP contribution in [0.3, 0.4) is 0 Å². The van der Waals surface area contributed by atoms with Crippen LogP contribution in [0, 0.1) is 0 Å². The molecule has 0 radical (unpaired) electrons. The van der Waals surface area contributed by atoms with Gasteiger partial charge in [0.15, 0.2) is 0 Å². The summed E-state index contributed by atoms with van der Waals surface area (Å²) in [7, 11) is 0. The van der Waals surface area contributed by atoms with Crippen molar-refractivity contribution in [2.75, 3.05) is 11.9 Å². The molecule has 1 aliphatic rings. The summed E-state index contributed by atoms with van der Waals surface area (Å²) in [5.74, 6) is -0.430. The summed E-state index contributed by atoms with van der Waals surface area (Å²) in [4.78, 5) is 25.5. The first-order valence-electron chi connectivity index (χ1n) is 8.11. The van der Waals surface area contributed by atoms with Crippen molar-refractivity contribution in [2.45, 2.75) is 65.5 Å². The molecule has 0 aromatic carbocycles. The molecule has 0 atom stereocenters. The number of ether oxygens (including phenoxy) is 1. The number of carbonyl (C=O) groups excluding carboxylic acids is 2. The Labute approximate surface area is 141 Å². The van der Waals surface area contributed by atoms with Gasteiger partial charge in [-0.2, -0.15) is 0 Å². The number of quaternary nitrogens is 1. The van der Waals surface area contributed by atoms with E-state index in [1.54, 1.807) is 13.8 Å². The van der Waals surface area contributed by atoms with E-state index in [-0.39, 0.29) is 23.0 Å². The van der Waals surface area contributed by atoms with Crippen LogP contribution in [0.1, 0.15) is 68.8 Å². The second-order valence-electron chi connectivity index (χ2n) is 7.27. The standard InChI is InChI=1S/C17H26N2O3S/c1-7-11(20)18-14-12(15(21)22-8-2)10-9-16(3,4)19-17(5,6)13(10)23-14/h19H,7-9H2,1-6H3,(H,18,20)/p+1. The Balaban J connectivity index is 2.59. The molecule has 3 N–H and O–H groups in total. The molecule has 0 saturated heterocycles. The fraction of sp³-hybridized carbons (Fsp3) is 0.647. The van der Waals surface area contributed by atoms with Gasteiger partial charge in [0.25, 0.3) is 0 Å². The van der Waals surface area contributed by atoms with E-state index in [1.165, 1.54) is 11.3 Å². The quantitative estimate of drug-likeness (QED) is 0.828. The van der Waals surface area contributed by atoms with Crippen LogP contribution in [0.2, 0.25) is 0 Å². The average Bonchev–Trinajstić information content (AvgIpc) is 2.75. The van der Waals surface area contributed by atoms with Gasteiger partial charge in [0.1, 0.15) is 10.5 Å². The summed E-state index contributed by atoms with van der Waals surface area (Å²) in [6.07, 6.45) is 1.16. The molecule has 2 heterocycles. The van der Waals surface area contributed by atoms with Gasteiger partial charge in [0, 0.05) is 12.8 Å². The third-order valence-electron chi connectivity index (χ3n) is 4.03. The van der Waals surface area contributed by atoms with E-state index in [0.29, 0.717) is 23.6 Å². The van der Waals surface area contributed by atoms with Gasteiger partial charge in [-0.1, -0.05) is 6.92 Å². The average molecular weight is 339 g/mol. The molecule has 1 aromatic heterocycles. The molecule has 0 saturated carbocycles. The lowest BCUT2D eigenvalue weighted by molar-refractivity contribution is -0.789. The molecular weight excluding hydrogens is 312 g/mol. The Hall–Kier alpha value is -1.40. The first-order valence-corrected chi connectivity index (χ1v) is 8.93. The Morgan fingerprint density at radius 2 is 1.91 bits per heavy atom. The minimum absolute atomic E-state index is 0.00907. The van der Waals surface area contributed by atoms with Crippen LogP contribution in [0.25, 0.3) is 0 Å². The zero-order valence-corrected chi connectivity index (χ0v) is 15.6. The van der Waals surface area contributed by atoms with Gasteiger partial charge in [-0.15, -0.1) is 11.3 Å². The van der Waals surface area contributed by atoms with Crippen LogP contribution in [-0.2, 0) is 21.5 Å². The number of thiophene rings is 1. The second kappa shape index (κ2) is 6.24. The summed E-state index contributed by atoms with van der Waals surface area (Å²) in [6.45, 7) is 12.6. The van der Waals surface area contributed by atoms with Crippen LogP contribution in [0.15, 0.2) is 0 Å². The van der Waals surface area contributed by atoms with E-state index >= 15 is 0 Å². The number of esters is 1. The first kappa shape index (κ1) is 17.9. The van der Waals surface area contributed by atoms with E-state index in [4.69, 9.17) is 4.74 Å². The van der Waals surface area contributed by atoms with Gasteiger partial charge in [-0.05, 0) is 40.2 Å². The van der Waals surface area contributed by atoms with Crippen LogP contribution in [0.5, 0.6) is 0 Å². The van der Waals surface area contributed by atoms with Crippen molar-refractivity contribution >= 4 is 28.2 Å². The van der Waals surface area contributed by atoms with E-state index in [1.807, 2.05) is 0 Å².